The zero-order valence-corrected chi connectivity index (χ0v) is 14.0. The first-order chi connectivity index (χ1) is 8.58. The van der Waals surface area contributed by atoms with Crippen molar-refractivity contribution in [2.75, 3.05) is 0 Å². The van der Waals surface area contributed by atoms with Crippen molar-refractivity contribution in [2.24, 2.45) is 0 Å². The normalized spacial score (nSPS) is 10.7. The van der Waals surface area contributed by atoms with Crippen LogP contribution < -0.4 is 0 Å². The fraction of sp³-hybridized carbons (Fsp3) is 0.0714. The summed E-state index contributed by atoms with van der Waals surface area (Å²) in [5.41, 5.74) is 2.46. The van der Waals surface area contributed by atoms with E-state index in [-0.39, 0.29) is 9.52 Å². The van der Waals surface area contributed by atoms with Gasteiger partial charge in [0, 0.05) is 15.6 Å². The van der Waals surface area contributed by atoms with Gasteiger partial charge < -0.3 is 0 Å². The largest absolute Gasteiger partial charge is 0.289 e. The summed E-state index contributed by atoms with van der Waals surface area (Å²) < 4.78 is 1.02. The van der Waals surface area contributed by atoms with Crippen molar-refractivity contribution in [1.29, 1.82) is 0 Å². The molecule has 0 fully saturated rings. The van der Waals surface area contributed by atoms with E-state index in [1.807, 2.05) is 48.5 Å². The fourth-order valence-corrected chi connectivity index (χ4v) is 2.59. The third-order valence-electron chi connectivity index (χ3n) is 2.51. The Kier molecular flexibility index (Phi) is 4.76. The van der Waals surface area contributed by atoms with Gasteiger partial charge in [0.05, 0.1) is 3.74 Å². The second-order valence-electron chi connectivity index (χ2n) is 3.76. The van der Waals surface area contributed by atoms with E-state index in [0.717, 1.165) is 10.0 Å². The smallest absolute Gasteiger partial charge is 0.193 e. The van der Waals surface area contributed by atoms with Gasteiger partial charge in [0.15, 0.2) is 5.78 Å². The van der Waals surface area contributed by atoms with Crippen LogP contribution in [0.25, 0.3) is 0 Å². The molecule has 0 aliphatic carbocycles. The zero-order valence-electron chi connectivity index (χ0n) is 9.24. The second kappa shape index (κ2) is 6.13. The molecule has 0 N–H and O–H groups in total. The molecule has 2 rings (SSSR count). The van der Waals surface area contributed by atoms with E-state index in [0.29, 0.717) is 11.1 Å². The highest BCUT2D eigenvalue weighted by Crippen LogP contribution is 2.29. The van der Waals surface area contributed by atoms with Gasteiger partial charge in [-0.05, 0) is 17.7 Å². The topological polar surface area (TPSA) is 17.1 Å². The summed E-state index contributed by atoms with van der Waals surface area (Å²) in [4.78, 5) is 12.2. The Morgan fingerprint density at radius 1 is 0.944 bits per heavy atom. The van der Waals surface area contributed by atoms with Crippen molar-refractivity contribution in [1.82, 2.24) is 0 Å². The summed E-state index contributed by atoms with van der Waals surface area (Å²) in [6, 6.07) is 15.0. The summed E-state index contributed by atoms with van der Waals surface area (Å²) in [5.74, 6) is 0.0311. The molecule has 0 aromatic heterocycles. The molecule has 0 aliphatic heterocycles. The van der Waals surface area contributed by atoms with Crippen LogP contribution in [-0.2, 0) is 0 Å². The number of alkyl halides is 2. The molecule has 0 heterocycles. The summed E-state index contributed by atoms with van der Waals surface area (Å²) >= 11 is 10.2. The molecule has 18 heavy (non-hydrogen) atoms. The van der Waals surface area contributed by atoms with Crippen molar-refractivity contribution in [3.63, 3.8) is 0 Å². The van der Waals surface area contributed by atoms with Gasteiger partial charge in [-0.15, -0.1) is 0 Å². The van der Waals surface area contributed by atoms with E-state index in [2.05, 4.69) is 47.8 Å². The SMILES string of the molecule is O=C(c1ccc(C(Br)Br)cc1)c1cccc(Br)c1. The monoisotopic (exact) mass is 430 g/mol. The molecule has 4 heteroatoms. The van der Waals surface area contributed by atoms with Crippen LogP contribution in [0.2, 0.25) is 0 Å². The van der Waals surface area contributed by atoms with Crippen LogP contribution in [0.5, 0.6) is 0 Å². The van der Waals surface area contributed by atoms with Crippen LogP contribution >= 0.6 is 47.8 Å². The summed E-state index contributed by atoms with van der Waals surface area (Å²) in [5, 5.41) is 0. The lowest BCUT2D eigenvalue weighted by atomic mass is 10.0. The summed E-state index contributed by atoms with van der Waals surface area (Å²) in [7, 11) is 0. The van der Waals surface area contributed by atoms with Crippen molar-refractivity contribution < 1.29 is 4.79 Å². The molecule has 0 saturated heterocycles. The maximum atomic E-state index is 12.2. The quantitative estimate of drug-likeness (QED) is 0.464. The number of carbonyl (C=O) groups is 1. The molecule has 0 aliphatic rings. The van der Waals surface area contributed by atoms with Gasteiger partial charge in [-0.1, -0.05) is 84.2 Å². The number of hydrogen-bond acceptors (Lipinski definition) is 1. The van der Waals surface area contributed by atoms with Crippen LogP contribution in [-0.4, -0.2) is 5.78 Å². The maximum absolute atomic E-state index is 12.2. The summed E-state index contributed by atoms with van der Waals surface area (Å²) in [6.07, 6.45) is 0. The van der Waals surface area contributed by atoms with E-state index in [1.54, 1.807) is 0 Å². The van der Waals surface area contributed by atoms with Gasteiger partial charge in [0.1, 0.15) is 0 Å². The molecule has 0 unspecified atom stereocenters. The molecule has 0 saturated carbocycles. The van der Waals surface area contributed by atoms with Crippen molar-refractivity contribution in [2.45, 2.75) is 3.74 Å². The van der Waals surface area contributed by atoms with Gasteiger partial charge in [-0.25, -0.2) is 0 Å². The van der Waals surface area contributed by atoms with Crippen molar-refractivity contribution in [3.8, 4) is 0 Å². The van der Waals surface area contributed by atoms with E-state index in [1.165, 1.54) is 0 Å². The lowest BCUT2D eigenvalue weighted by molar-refractivity contribution is 0.103. The number of carbonyl (C=O) groups excluding carboxylic acids is 1. The lowest BCUT2D eigenvalue weighted by Gasteiger charge is -2.05. The average molecular weight is 433 g/mol. The molecule has 0 spiro atoms. The zero-order chi connectivity index (χ0) is 13.1. The summed E-state index contributed by atoms with van der Waals surface area (Å²) in [6.45, 7) is 0. The van der Waals surface area contributed by atoms with Gasteiger partial charge in [-0.3, -0.25) is 4.79 Å². The van der Waals surface area contributed by atoms with E-state index in [4.69, 9.17) is 0 Å². The minimum Gasteiger partial charge on any atom is -0.289 e. The average Bonchev–Trinajstić information content (AvgIpc) is 2.38. The molecule has 1 nitrogen and oxygen atoms in total. The highest BCUT2D eigenvalue weighted by atomic mass is 79.9. The fourth-order valence-electron chi connectivity index (χ4n) is 1.58. The molecule has 2 aromatic rings. The molecule has 0 radical (unpaired) electrons. The van der Waals surface area contributed by atoms with Crippen LogP contribution in [0.1, 0.15) is 25.2 Å². The third kappa shape index (κ3) is 3.31. The molecular formula is C14H9Br3O. The minimum absolute atomic E-state index is 0.0311. The van der Waals surface area contributed by atoms with E-state index >= 15 is 0 Å². The Balaban J connectivity index is 2.29. The van der Waals surface area contributed by atoms with Crippen molar-refractivity contribution in [3.05, 3.63) is 69.7 Å². The third-order valence-corrected chi connectivity index (χ3v) is 4.06. The van der Waals surface area contributed by atoms with Crippen LogP contribution in [0.3, 0.4) is 0 Å². The van der Waals surface area contributed by atoms with Crippen LogP contribution in [0.15, 0.2) is 53.0 Å². The van der Waals surface area contributed by atoms with E-state index in [9.17, 15) is 4.79 Å². The Labute approximate surface area is 131 Å². The predicted molar refractivity (Wildman–Crippen MR) is 84.6 cm³/mol. The van der Waals surface area contributed by atoms with Gasteiger partial charge in [0.2, 0.25) is 0 Å². The predicted octanol–water partition coefficient (Wildman–Crippen LogP) is 5.47. The first-order valence-corrected chi connectivity index (χ1v) is 7.89. The molecule has 2 aromatic carbocycles. The number of ketones is 1. The first-order valence-electron chi connectivity index (χ1n) is 5.26. The highest BCUT2D eigenvalue weighted by Gasteiger charge is 2.10. The molecule has 0 amide bonds. The standard InChI is InChI=1S/C14H9Br3O/c15-12-3-1-2-11(8-12)13(18)9-4-6-10(7-5-9)14(16)17/h1-8,14H. The van der Waals surface area contributed by atoms with Crippen LogP contribution in [0.4, 0.5) is 0 Å². The number of benzene rings is 2. The molecule has 0 atom stereocenters. The van der Waals surface area contributed by atoms with Gasteiger partial charge in [-0.2, -0.15) is 0 Å². The van der Waals surface area contributed by atoms with E-state index < -0.39 is 0 Å². The number of hydrogen-bond donors (Lipinski definition) is 0. The molecular weight excluding hydrogens is 424 g/mol. The second-order valence-corrected chi connectivity index (χ2v) is 7.74. The Bertz CT molecular complexity index is 562. The Hall–Kier alpha value is -0.450. The first kappa shape index (κ1) is 14.0. The molecule has 0 bridgehead atoms. The highest BCUT2D eigenvalue weighted by molar-refractivity contribution is 9.24. The Morgan fingerprint density at radius 2 is 1.61 bits per heavy atom. The number of rotatable bonds is 3. The Morgan fingerprint density at radius 3 is 2.17 bits per heavy atom. The lowest BCUT2D eigenvalue weighted by Crippen LogP contribution is -2.01. The minimum atomic E-state index is 0.0311. The van der Waals surface area contributed by atoms with Crippen LogP contribution in [0, 0.1) is 0 Å². The van der Waals surface area contributed by atoms with Crippen molar-refractivity contribution >= 4 is 53.6 Å². The van der Waals surface area contributed by atoms with Gasteiger partial charge in [0.25, 0.3) is 0 Å². The maximum Gasteiger partial charge on any atom is 0.193 e. The van der Waals surface area contributed by atoms with Gasteiger partial charge >= 0.3 is 0 Å². The molecule has 92 valence electrons. The number of halogens is 3.